The van der Waals surface area contributed by atoms with E-state index in [1.54, 1.807) is 0 Å². The molecule has 0 bridgehead atoms. The van der Waals surface area contributed by atoms with Gasteiger partial charge in [0.2, 0.25) is 0 Å². The first-order valence-corrected chi connectivity index (χ1v) is 12.6. The molecule has 0 radical (unpaired) electrons. The van der Waals surface area contributed by atoms with Crippen LogP contribution in [-0.2, 0) is 22.3 Å². The molecular formula is C32H38O4. The second kappa shape index (κ2) is 14.7. The Bertz CT molecular complexity index is 953. The van der Waals surface area contributed by atoms with Crippen molar-refractivity contribution in [3.05, 3.63) is 121 Å². The van der Waals surface area contributed by atoms with Crippen LogP contribution in [0.1, 0.15) is 47.9 Å². The summed E-state index contributed by atoms with van der Waals surface area (Å²) >= 11 is 0. The highest BCUT2D eigenvalue weighted by Crippen LogP contribution is 2.25. The van der Waals surface area contributed by atoms with E-state index in [4.69, 9.17) is 18.9 Å². The molecule has 2 unspecified atom stereocenters. The third kappa shape index (κ3) is 8.84. The van der Waals surface area contributed by atoms with E-state index < -0.39 is 0 Å². The van der Waals surface area contributed by atoms with Gasteiger partial charge in [-0.05, 0) is 71.2 Å². The quantitative estimate of drug-likeness (QED) is 0.156. The first kappa shape index (κ1) is 26.9. The van der Waals surface area contributed by atoms with Gasteiger partial charge >= 0.3 is 0 Å². The molecule has 0 fully saturated rings. The molecule has 4 heteroatoms. The van der Waals surface area contributed by atoms with Gasteiger partial charge in [0.25, 0.3) is 0 Å². The second-order valence-corrected chi connectivity index (χ2v) is 8.94. The van der Waals surface area contributed by atoms with E-state index in [9.17, 15) is 0 Å². The third-order valence-corrected chi connectivity index (χ3v) is 6.18. The van der Waals surface area contributed by atoms with Crippen LogP contribution in [-0.4, -0.2) is 26.4 Å². The SMILES string of the molecule is C=COCCOc1ccc(C(C)Cc2ccc(CC(C)c3ccc(OCCOC=C)cc3)cc2)cc1. The van der Waals surface area contributed by atoms with E-state index in [-0.39, 0.29) is 0 Å². The van der Waals surface area contributed by atoms with Crippen molar-refractivity contribution in [2.75, 3.05) is 26.4 Å². The lowest BCUT2D eigenvalue weighted by atomic mass is 9.91. The standard InChI is InChI=1S/C32H38O4/c1-5-33-19-21-35-31-15-11-29(12-16-31)25(3)23-27-7-9-28(10-8-27)24-26(4)30-13-17-32(18-14-30)36-22-20-34-6-2/h5-18,25-26H,1-2,19-24H2,3-4H3. The van der Waals surface area contributed by atoms with Crippen molar-refractivity contribution in [3.63, 3.8) is 0 Å². The highest BCUT2D eigenvalue weighted by Gasteiger charge is 2.10. The predicted molar refractivity (Wildman–Crippen MR) is 147 cm³/mol. The lowest BCUT2D eigenvalue weighted by molar-refractivity contribution is 0.179. The van der Waals surface area contributed by atoms with Gasteiger partial charge in [-0.15, -0.1) is 0 Å². The zero-order valence-electron chi connectivity index (χ0n) is 21.5. The Balaban J connectivity index is 1.46. The zero-order valence-corrected chi connectivity index (χ0v) is 21.5. The van der Waals surface area contributed by atoms with Crippen LogP contribution in [0.25, 0.3) is 0 Å². The molecule has 0 N–H and O–H groups in total. The summed E-state index contributed by atoms with van der Waals surface area (Å²) in [7, 11) is 0. The summed E-state index contributed by atoms with van der Waals surface area (Å²) < 4.78 is 21.5. The fourth-order valence-electron chi connectivity index (χ4n) is 4.12. The molecule has 0 saturated carbocycles. The second-order valence-electron chi connectivity index (χ2n) is 8.94. The number of ether oxygens (including phenoxy) is 4. The molecule has 0 saturated heterocycles. The summed E-state index contributed by atoms with van der Waals surface area (Å²) in [6.07, 6.45) is 4.87. The molecule has 0 aliphatic heterocycles. The van der Waals surface area contributed by atoms with Crippen molar-refractivity contribution in [2.24, 2.45) is 0 Å². The Morgan fingerprint density at radius 1 is 0.556 bits per heavy atom. The molecule has 3 aromatic carbocycles. The summed E-state index contributed by atoms with van der Waals surface area (Å²) in [6, 6.07) is 25.8. The molecule has 0 amide bonds. The number of hydrogen-bond acceptors (Lipinski definition) is 4. The Morgan fingerprint density at radius 3 is 1.25 bits per heavy atom. The molecule has 36 heavy (non-hydrogen) atoms. The molecular weight excluding hydrogens is 448 g/mol. The molecule has 0 heterocycles. The van der Waals surface area contributed by atoms with E-state index in [1.807, 2.05) is 24.3 Å². The van der Waals surface area contributed by atoms with Crippen molar-refractivity contribution in [3.8, 4) is 11.5 Å². The molecule has 3 aromatic rings. The van der Waals surface area contributed by atoms with Crippen molar-refractivity contribution in [1.29, 1.82) is 0 Å². The minimum absolute atomic E-state index is 0.428. The Kier molecular flexibility index (Phi) is 11.0. The van der Waals surface area contributed by atoms with Crippen molar-refractivity contribution < 1.29 is 18.9 Å². The number of benzene rings is 3. The molecule has 0 spiro atoms. The summed E-state index contributed by atoms with van der Waals surface area (Å²) in [5.74, 6) is 2.57. The maximum Gasteiger partial charge on any atom is 0.122 e. The normalized spacial score (nSPS) is 12.3. The van der Waals surface area contributed by atoms with Crippen LogP contribution in [0.4, 0.5) is 0 Å². The Labute approximate surface area is 216 Å². The molecule has 0 aromatic heterocycles. The molecule has 2 atom stereocenters. The maximum atomic E-state index is 5.68. The topological polar surface area (TPSA) is 36.9 Å². The lowest BCUT2D eigenvalue weighted by Crippen LogP contribution is -2.04. The van der Waals surface area contributed by atoms with Gasteiger partial charge in [-0.2, -0.15) is 0 Å². The van der Waals surface area contributed by atoms with Crippen LogP contribution in [0.3, 0.4) is 0 Å². The molecule has 0 aliphatic carbocycles. The van der Waals surface area contributed by atoms with Crippen LogP contribution in [0, 0.1) is 0 Å². The third-order valence-electron chi connectivity index (χ3n) is 6.18. The maximum absolute atomic E-state index is 5.68. The van der Waals surface area contributed by atoms with Gasteiger partial charge in [0.15, 0.2) is 0 Å². The van der Waals surface area contributed by atoms with Gasteiger partial charge in [-0.3, -0.25) is 0 Å². The van der Waals surface area contributed by atoms with Gasteiger partial charge in [0.05, 0.1) is 12.5 Å². The van der Waals surface area contributed by atoms with Crippen LogP contribution in [0.5, 0.6) is 11.5 Å². The van der Waals surface area contributed by atoms with Crippen LogP contribution < -0.4 is 9.47 Å². The minimum Gasteiger partial charge on any atom is -0.498 e. The van der Waals surface area contributed by atoms with Gasteiger partial charge in [-0.1, -0.05) is 75.5 Å². The summed E-state index contributed by atoms with van der Waals surface area (Å²) in [5.41, 5.74) is 5.32. The highest BCUT2D eigenvalue weighted by atomic mass is 16.5. The molecule has 3 rings (SSSR count). The van der Waals surface area contributed by atoms with E-state index in [2.05, 4.69) is 75.5 Å². The highest BCUT2D eigenvalue weighted by molar-refractivity contribution is 5.33. The van der Waals surface area contributed by atoms with Crippen LogP contribution in [0.15, 0.2) is 98.5 Å². The largest absolute Gasteiger partial charge is 0.498 e. The molecule has 190 valence electrons. The zero-order chi connectivity index (χ0) is 25.6. The van der Waals surface area contributed by atoms with Crippen molar-refractivity contribution in [1.82, 2.24) is 0 Å². The predicted octanol–water partition coefficient (Wildman–Crippen LogP) is 7.46. The Hall–Kier alpha value is -3.66. The average Bonchev–Trinajstić information content (AvgIpc) is 2.91. The first-order chi connectivity index (χ1) is 17.6. The summed E-state index contributed by atoms with van der Waals surface area (Å²) in [5, 5.41) is 0. The molecule has 0 aliphatic rings. The van der Waals surface area contributed by atoms with E-state index in [0.29, 0.717) is 38.3 Å². The monoisotopic (exact) mass is 486 g/mol. The van der Waals surface area contributed by atoms with E-state index in [0.717, 1.165) is 24.3 Å². The van der Waals surface area contributed by atoms with Crippen molar-refractivity contribution >= 4 is 0 Å². The van der Waals surface area contributed by atoms with Crippen LogP contribution >= 0.6 is 0 Å². The van der Waals surface area contributed by atoms with Gasteiger partial charge in [0, 0.05) is 0 Å². The van der Waals surface area contributed by atoms with E-state index in [1.165, 1.54) is 34.8 Å². The molecule has 4 nitrogen and oxygen atoms in total. The van der Waals surface area contributed by atoms with Gasteiger partial charge < -0.3 is 18.9 Å². The lowest BCUT2D eigenvalue weighted by Gasteiger charge is -2.15. The van der Waals surface area contributed by atoms with Gasteiger partial charge in [0.1, 0.15) is 37.9 Å². The number of rotatable bonds is 16. The Morgan fingerprint density at radius 2 is 0.917 bits per heavy atom. The number of hydrogen-bond donors (Lipinski definition) is 0. The average molecular weight is 487 g/mol. The fourth-order valence-corrected chi connectivity index (χ4v) is 4.12. The van der Waals surface area contributed by atoms with E-state index >= 15 is 0 Å². The van der Waals surface area contributed by atoms with Crippen molar-refractivity contribution in [2.45, 2.75) is 38.5 Å². The summed E-state index contributed by atoms with van der Waals surface area (Å²) in [6.45, 7) is 13.6. The summed E-state index contributed by atoms with van der Waals surface area (Å²) in [4.78, 5) is 0. The fraction of sp³-hybridized carbons (Fsp3) is 0.312. The van der Waals surface area contributed by atoms with Crippen LogP contribution in [0.2, 0.25) is 0 Å². The first-order valence-electron chi connectivity index (χ1n) is 12.6. The smallest absolute Gasteiger partial charge is 0.122 e. The minimum atomic E-state index is 0.428. The van der Waals surface area contributed by atoms with Gasteiger partial charge in [-0.25, -0.2) is 0 Å².